The summed E-state index contributed by atoms with van der Waals surface area (Å²) >= 11 is 5.98. The molecule has 8 heteroatoms. The number of hydrogen-bond acceptors (Lipinski definition) is 5. The normalized spacial score (nSPS) is 15.4. The first-order valence-corrected chi connectivity index (χ1v) is 9.81. The molecule has 0 radical (unpaired) electrons. The lowest BCUT2D eigenvalue weighted by Gasteiger charge is -2.20. The molecule has 3 rings (SSSR count). The minimum atomic E-state index is -3.84. The van der Waals surface area contributed by atoms with E-state index in [2.05, 4.69) is 4.72 Å². The maximum Gasteiger partial charge on any atom is 0.245 e. The number of hydrogen-bond donors (Lipinski definition) is 1. The van der Waals surface area contributed by atoms with Gasteiger partial charge in [0.2, 0.25) is 10.0 Å². The van der Waals surface area contributed by atoms with Crippen LogP contribution in [0.3, 0.4) is 0 Å². The molecule has 1 aliphatic carbocycles. The molecule has 140 valence electrons. The maximum absolute atomic E-state index is 13.0. The van der Waals surface area contributed by atoms with Crippen molar-refractivity contribution in [1.82, 2.24) is 4.72 Å². The van der Waals surface area contributed by atoms with E-state index in [4.69, 9.17) is 25.8 Å². The summed E-state index contributed by atoms with van der Waals surface area (Å²) in [5, 5.41) is 0.321. The number of sulfonamides is 1. The first kappa shape index (κ1) is 18.8. The number of nitrogens with one attached hydrogen (secondary N) is 1. The highest BCUT2D eigenvalue weighted by Gasteiger charge is 2.48. The third-order valence-corrected chi connectivity index (χ3v) is 6.22. The summed E-state index contributed by atoms with van der Waals surface area (Å²) in [4.78, 5) is 0.0132. The second-order valence-electron chi connectivity index (χ2n) is 6.05. The first-order valence-electron chi connectivity index (χ1n) is 7.95. The average molecular weight is 398 g/mol. The van der Waals surface area contributed by atoms with Crippen molar-refractivity contribution < 1.29 is 22.6 Å². The predicted octanol–water partition coefficient (Wildman–Crippen LogP) is 3.33. The Hall–Kier alpha value is -1.96. The zero-order chi connectivity index (χ0) is 18.9. The van der Waals surface area contributed by atoms with Gasteiger partial charge in [-0.1, -0.05) is 17.7 Å². The highest BCUT2D eigenvalue weighted by atomic mass is 35.5. The topological polar surface area (TPSA) is 73.9 Å². The zero-order valence-corrected chi connectivity index (χ0v) is 16.3. The molecule has 6 nitrogen and oxygen atoms in total. The van der Waals surface area contributed by atoms with Crippen molar-refractivity contribution in [2.24, 2.45) is 0 Å². The summed E-state index contributed by atoms with van der Waals surface area (Å²) < 4.78 is 44.5. The average Bonchev–Trinajstić information content (AvgIpc) is 3.41. The van der Waals surface area contributed by atoms with Crippen LogP contribution in [0.1, 0.15) is 18.4 Å². The van der Waals surface area contributed by atoms with Gasteiger partial charge in [0.05, 0.1) is 26.9 Å². The number of halogens is 1. The third kappa shape index (κ3) is 3.47. The summed E-state index contributed by atoms with van der Waals surface area (Å²) in [5.41, 5.74) is 0.144. The van der Waals surface area contributed by atoms with Gasteiger partial charge < -0.3 is 14.2 Å². The Bertz CT molecular complexity index is 925. The molecule has 2 aromatic carbocycles. The number of rotatable bonds is 7. The second kappa shape index (κ2) is 6.98. The summed E-state index contributed by atoms with van der Waals surface area (Å²) in [6.45, 7) is 0. The van der Waals surface area contributed by atoms with Gasteiger partial charge in [0.1, 0.15) is 10.6 Å². The van der Waals surface area contributed by atoms with Crippen LogP contribution in [0.4, 0.5) is 0 Å². The van der Waals surface area contributed by atoms with Crippen LogP contribution in [0.25, 0.3) is 0 Å². The van der Waals surface area contributed by atoms with Gasteiger partial charge in [-0.25, -0.2) is 13.1 Å². The lowest BCUT2D eigenvalue weighted by Crippen LogP contribution is -2.35. The van der Waals surface area contributed by atoms with Crippen molar-refractivity contribution in [2.45, 2.75) is 23.3 Å². The molecule has 0 aliphatic heterocycles. The first-order chi connectivity index (χ1) is 12.3. The molecule has 0 heterocycles. The molecule has 0 aromatic heterocycles. The standard InChI is InChI=1S/C18H20ClNO5S/c1-23-14-6-4-12(10-16(14)25-3)18(8-9-18)20-26(21,22)17-11-13(19)5-7-15(17)24-2/h4-7,10-11,20H,8-9H2,1-3H3. The van der Waals surface area contributed by atoms with E-state index < -0.39 is 15.6 Å². The molecule has 1 fully saturated rings. The van der Waals surface area contributed by atoms with E-state index in [0.29, 0.717) is 29.4 Å². The second-order valence-corrected chi connectivity index (χ2v) is 8.14. The fraction of sp³-hybridized carbons (Fsp3) is 0.333. The van der Waals surface area contributed by atoms with Gasteiger partial charge in [0, 0.05) is 5.02 Å². The van der Waals surface area contributed by atoms with E-state index in [1.54, 1.807) is 32.4 Å². The monoisotopic (exact) mass is 397 g/mol. The molecule has 0 bridgehead atoms. The van der Waals surface area contributed by atoms with E-state index in [1.807, 2.05) is 6.07 Å². The summed E-state index contributed by atoms with van der Waals surface area (Å²) in [6, 6.07) is 9.90. The highest BCUT2D eigenvalue weighted by Crippen LogP contribution is 2.48. The molecule has 0 amide bonds. The summed E-state index contributed by atoms with van der Waals surface area (Å²) in [7, 11) is 0.682. The van der Waals surface area contributed by atoms with Gasteiger partial charge in [0.25, 0.3) is 0 Å². The van der Waals surface area contributed by atoms with Crippen molar-refractivity contribution in [1.29, 1.82) is 0 Å². The Morgan fingerprint density at radius 1 is 0.923 bits per heavy atom. The van der Waals surface area contributed by atoms with Crippen LogP contribution >= 0.6 is 11.6 Å². The Morgan fingerprint density at radius 2 is 1.54 bits per heavy atom. The van der Waals surface area contributed by atoms with Crippen LogP contribution < -0.4 is 18.9 Å². The Kier molecular flexibility index (Phi) is 5.05. The van der Waals surface area contributed by atoms with Crippen molar-refractivity contribution in [3.05, 3.63) is 47.0 Å². The molecule has 1 N–H and O–H groups in total. The van der Waals surface area contributed by atoms with Gasteiger partial charge >= 0.3 is 0 Å². The molecule has 0 unspecified atom stereocenters. The lowest BCUT2D eigenvalue weighted by molar-refractivity contribution is 0.354. The Morgan fingerprint density at radius 3 is 2.12 bits per heavy atom. The fourth-order valence-corrected chi connectivity index (χ4v) is 4.76. The van der Waals surface area contributed by atoms with Gasteiger partial charge in [-0.15, -0.1) is 0 Å². The minimum Gasteiger partial charge on any atom is -0.495 e. The van der Waals surface area contributed by atoms with Gasteiger partial charge in [0.15, 0.2) is 11.5 Å². The van der Waals surface area contributed by atoms with Crippen molar-refractivity contribution >= 4 is 21.6 Å². The van der Waals surface area contributed by atoms with Crippen LogP contribution in [-0.4, -0.2) is 29.7 Å². The SMILES string of the molecule is COc1ccc(C2(NS(=O)(=O)c3cc(Cl)ccc3OC)CC2)cc1OC. The zero-order valence-electron chi connectivity index (χ0n) is 14.7. The molecular weight excluding hydrogens is 378 g/mol. The smallest absolute Gasteiger partial charge is 0.245 e. The third-order valence-electron chi connectivity index (χ3n) is 4.43. The van der Waals surface area contributed by atoms with Crippen LogP contribution in [0, 0.1) is 0 Å². The highest BCUT2D eigenvalue weighted by molar-refractivity contribution is 7.89. The van der Waals surface area contributed by atoms with E-state index in [9.17, 15) is 8.42 Å². The fourth-order valence-electron chi connectivity index (χ4n) is 2.88. The van der Waals surface area contributed by atoms with Crippen LogP contribution in [0.5, 0.6) is 17.2 Å². The molecule has 1 aliphatic rings. The van der Waals surface area contributed by atoms with Crippen LogP contribution in [-0.2, 0) is 15.6 Å². The van der Waals surface area contributed by atoms with E-state index in [0.717, 1.165) is 5.56 Å². The quantitative estimate of drug-likeness (QED) is 0.775. The summed E-state index contributed by atoms with van der Waals surface area (Å²) in [6.07, 6.45) is 1.37. The van der Waals surface area contributed by atoms with Crippen molar-refractivity contribution in [3.63, 3.8) is 0 Å². The number of ether oxygens (including phenoxy) is 3. The maximum atomic E-state index is 13.0. The molecule has 26 heavy (non-hydrogen) atoms. The molecule has 0 spiro atoms. The molecule has 0 atom stereocenters. The number of benzene rings is 2. The minimum absolute atomic E-state index is 0.0132. The molecule has 1 saturated carbocycles. The molecular formula is C18H20ClNO5S. The van der Waals surface area contributed by atoms with E-state index in [1.165, 1.54) is 19.2 Å². The van der Waals surface area contributed by atoms with E-state index >= 15 is 0 Å². The lowest BCUT2D eigenvalue weighted by atomic mass is 10.1. The number of methoxy groups -OCH3 is 3. The molecule has 2 aromatic rings. The Balaban J connectivity index is 1.96. The van der Waals surface area contributed by atoms with Crippen molar-refractivity contribution in [3.8, 4) is 17.2 Å². The Labute approximate surface area is 158 Å². The largest absolute Gasteiger partial charge is 0.495 e. The van der Waals surface area contributed by atoms with Gasteiger partial charge in [-0.3, -0.25) is 0 Å². The van der Waals surface area contributed by atoms with Crippen molar-refractivity contribution in [2.75, 3.05) is 21.3 Å². The van der Waals surface area contributed by atoms with Crippen LogP contribution in [0.2, 0.25) is 5.02 Å². The van der Waals surface area contributed by atoms with Crippen LogP contribution in [0.15, 0.2) is 41.3 Å². The summed E-state index contributed by atoms with van der Waals surface area (Å²) in [5.74, 6) is 1.38. The van der Waals surface area contributed by atoms with Gasteiger partial charge in [-0.05, 0) is 48.7 Å². The molecule has 0 saturated heterocycles. The predicted molar refractivity (Wildman–Crippen MR) is 98.8 cm³/mol. The van der Waals surface area contributed by atoms with Gasteiger partial charge in [-0.2, -0.15) is 0 Å². The van der Waals surface area contributed by atoms with E-state index in [-0.39, 0.29) is 10.6 Å².